The summed E-state index contributed by atoms with van der Waals surface area (Å²) in [5, 5.41) is 11.0. The van der Waals surface area contributed by atoms with E-state index < -0.39 is 0 Å². The van der Waals surface area contributed by atoms with E-state index in [1.807, 2.05) is 19.1 Å². The molecule has 0 aliphatic heterocycles. The Bertz CT molecular complexity index is 913. The standard InChI is InChI=1S/C24H29ClO5S/c1-4-7-19-21(10-9-18(16(2)26)24(19)28)30-12-5-6-13-31-22-11-8-17(14-20(22)25)15-23(27)29-3/h8-11,14,28H,4-7,12-13,15H2,1-3H3. The van der Waals surface area contributed by atoms with E-state index in [0.29, 0.717) is 34.9 Å². The lowest BCUT2D eigenvalue weighted by Crippen LogP contribution is -2.04. The van der Waals surface area contributed by atoms with E-state index in [1.165, 1.54) is 14.0 Å². The third-order valence-corrected chi connectivity index (χ3v) is 6.33. The SMILES string of the molecule is CCCc1c(OCCCCSc2ccc(CC(=O)OC)cc2Cl)ccc(C(C)=O)c1O. The van der Waals surface area contributed by atoms with Crippen molar-refractivity contribution >= 4 is 35.1 Å². The summed E-state index contributed by atoms with van der Waals surface area (Å²) < 4.78 is 10.6. The van der Waals surface area contributed by atoms with Crippen LogP contribution in [0.15, 0.2) is 35.2 Å². The highest BCUT2D eigenvalue weighted by Crippen LogP contribution is 2.33. The molecule has 168 valence electrons. The lowest BCUT2D eigenvalue weighted by molar-refractivity contribution is -0.139. The molecule has 0 aromatic heterocycles. The summed E-state index contributed by atoms with van der Waals surface area (Å²) in [6.45, 7) is 4.00. The van der Waals surface area contributed by atoms with Crippen LogP contribution in [0.1, 0.15) is 54.6 Å². The Labute approximate surface area is 193 Å². The van der Waals surface area contributed by atoms with Crippen LogP contribution >= 0.6 is 23.4 Å². The Hall–Kier alpha value is -2.18. The van der Waals surface area contributed by atoms with Crippen LogP contribution in [0.3, 0.4) is 0 Å². The van der Waals surface area contributed by atoms with Crippen LogP contribution in [0, 0.1) is 0 Å². The summed E-state index contributed by atoms with van der Waals surface area (Å²) in [5.74, 6) is 1.11. The molecule has 0 amide bonds. The first kappa shape index (κ1) is 25.1. The number of unbranched alkanes of at least 4 members (excludes halogenated alkanes) is 1. The predicted octanol–water partition coefficient (Wildman–Crippen LogP) is 5.87. The average Bonchev–Trinajstić information content (AvgIpc) is 2.73. The highest BCUT2D eigenvalue weighted by atomic mass is 35.5. The van der Waals surface area contributed by atoms with Crippen LogP contribution in [-0.2, 0) is 22.4 Å². The Balaban J connectivity index is 1.82. The van der Waals surface area contributed by atoms with Crippen LogP contribution in [0.5, 0.6) is 11.5 Å². The Morgan fingerprint density at radius 3 is 2.58 bits per heavy atom. The van der Waals surface area contributed by atoms with E-state index in [4.69, 9.17) is 16.3 Å². The van der Waals surface area contributed by atoms with Crippen molar-refractivity contribution in [1.29, 1.82) is 0 Å². The summed E-state index contributed by atoms with van der Waals surface area (Å²) >= 11 is 7.99. The van der Waals surface area contributed by atoms with Gasteiger partial charge < -0.3 is 14.6 Å². The minimum Gasteiger partial charge on any atom is -0.507 e. The highest BCUT2D eigenvalue weighted by molar-refractivity contribution is 7.99. The van der Waals surface area contributed by atoms with E-state index in [0.717, 1.165) is 35.5 Å². The van der Waals surface area contributed by atoms with Crippen molar-refractivity contribution in [3.63, 3.8) is 0 Å². The molecule has 0 bridgehead atoms. The summed E-state index contributed by atoms with van der Waals surface area (Å²) in [6.07, 6.45) is 3.50. The fourth-order valence-electron chi connectivity index (χ4n) is 3.11. The van der Waals surface area contributed by atoms with Crippen LogP contribution < -0.4 is 4.74 Å². The van der Waals surface area contributed by atoms with Gasteiger partial charge in [0.2, 0.25) is 0 Å². The van der Waals surface area contributed by atoms with Gasteiger partial charge in [0.15, 0.2) is 5.78 Å². The minimum atomic E-state index is -0.289. The molecule has 0 saturated carbocycles. The van der Waals surface area contributed by atoms with Gasteiger partial charge in [-0.1, -0.05) is 31.0 Å². The van der Waals surface area contributed by atoms with Crippen LogP contribution in [0.2, 0.25) is 5.02 Å². The largest absolute Gasteiger partial charge is 0.507 e. The third-order valence-electron chi connectivity index (χ3n) is 4.75. The van der Waals surface area contributed by atoms with Gasteiger partial charge >= 0.3 is 5.97 Å². The van der Waals surface area contributed by atoms with E-state index in [2.05, 4.69) is 4.74 Å². The Morgan fingerprint density at radius 1 is 1.16 bits per heavy atom. The number of carbonyl (C=O) groups excluding carboxylic acids is 2. The number of hydrogen-bond acceptors (Lipinski definition) is 6. The van der Waals surface area contributed by atoms with E-state index >= 15 is 0 Å². The molecular weight excluding hydrogens is 436 g/mol. The molecule has 0 spiro atoms. The molecule has 31 heavy (non-hydrogen) atoms. The van der Waals surface area contributed by atoms with Gasteiger partial charge in [-0.2, -0.15) is 0 Å². The topological polar surface area (TPSA) is 72.8 Å². The number of halogens is 1. The van der Waals surface area contributed by atoms with Crippen molar-refractivity contribution in [2.75, 3.05) is 19.5 Å². The first-order valence-corrected chi connectivity index (χ1v) is 11.7. The van der Waals surface area contributed by atoms with Crippen molar-refractivity contribution in [1.82, 2.24) is 0 Å². The zero-order chi connectivity index (χ0) is 22.8. The molecule has 1 N–H and O–H groups in total. The second-order valence-electron chi connectivity index (χ2n) is 7.17. The summed E-state index contributed by atoms with van der Waals surface area (Å²) in [4.78, 5) is 24.0. The van der Waals surface area contributed by atoms with Crippen molar-refractivity contribution < 1.29 is 24.2 Å². The van der Waals surface area contributed by atoms with Gasteiger partial charge in [0, 0.05) is 10.5 Å². The number of rotatable bonds is 12. The number of aromatic hydroxyl groups is 1. The van der Waals surface area contributed by atoms with Crippen molar-refractivity contribution in [3.05, 3.63) is 52.0 Å². The average molecular weight is 465 g/mol. The zero-order valence-electron chi connectivity index (χ0n) is 18.2. The normalized spacial score (nSPS) is 10.7. The fourth-order valence-corrected chi connectivity index (χ4v) is 4.40. The van der Waals surface area contributed by atoms with Gasteiger partial charge in [-0.15, -0.1) is 11.8 Å². The Kier molecular flexibility index (Phi) is 10.2. The van der Waals surface area contributed by atoms with Crippen LogP contribution in [0.25, 0.3) is 0 Å². The Morgan fingerprint density at radius 2 is 1.94 bits per heavy atom. The number of ether oxygens (including phenoxy) is 2. The molecule has 0 aliphatic rings. The van der Waals surface area contributed by atoms with Gasteiger partial charge in [-0.3, -0.25) is 9.59 Å². The maximum atomic E-state index is 11.7. The number of phenolic OH excluding ortho intramolecular Hbond substituents is 1. The highest BCUT2D eigenvalue weighted by Gasteiger charge is 2.15. The first-order valence-electron chi connectivity index (χ1n) is 10.3. The van der Waals surface area contributed by atoms with Crippen molar-refractivity contribution in [3.8, 4) is 11.5 Å². The molecule has 2 rings (SSSR count). The molecule has 0 aliphatic carbocycles. The molecule has 0 heterocycles. The second-order valence-corrected chi connectivity index (χ2v) is 8.71. The number of thioether (sulfide) groups is 1. The molecule has 0 saturated heterocycles. The van der Waals surface area contributed by atoms with E-state index in [9.17, 15) is 14.7 Å². The molecule has 2 aromatic rings. The number of benzene rings is 2. The number of methoxy groups -OCH3 is 1. The first-order chi connectivity index (χ1) is 14.9. The van der Waals surface area contributed by atoms with Gasteiger partial charge in [0.05, 0.1) is 30.7 Å². The maximum Gasteiger partial charge on any atom is 0.309 e. The lowest BCUT2D eigenvalue weighted by atomic mass is 10.0. The number of esters is 1. The van der Waals surface area contributed by atoms with Gasteiger partial charge in [-0.25, -0.2) is 0 Å². The van der Waals surface area contributed by atoms with Gasteiger partial charge in [0.25, 0.3) is 0 Å². The molecule has 0 unspecified atom stereocenters. The fraction of sp³-hybridized carbons (Fsp3) is 0.417. The van der Waals surface area contributed by atoms with Crippen LogP contribution in [0.4, 0.5) is 0 Å². The van der Waals surface area contributed by atoms with Crippen molar-refractivity contribution in [2.45, 2.75) is 50.8 Å². The predicted molar refractivity (Wildman–Crippen MR) is 125 cm³/mol. The van der Waals surface area contributed by atoms with Crippen molar-refractivity contribution in [2.24, 2.45) is 0 Å². The summed E-state index contributed by atoms with van der Waals surface area (Å²) in [5.41, 5.74) is 1.86. The molecule has 0 radical (unpaired) electrons. The number of Topliss-reactive ketones (excluding diaryl/α,β-unsaturated/α-hetero) is 1. The monoisotopic (exact) mass is 464 g/mol. The number of hydrogen-bond donors (Lipinski definition) is 1. The molecule has 2 aromatic carbocycles. The third kappa shape index (κ3) is 7.47. The molecule has 0 fully saturated rings. The lowest BCUT2D eigenvalue weighted by Gasteiger charge is -2.14. The smallest absolute Gasteiger partial charge is 0.309 e. The molecular formula is C24H29ClO5S. The van der Waals surface area contributed by atoms with E-state index in [-0.39, 0.29) is 23.9 Å². The number of phenols is 1. The quantitative estimate of drug-likeness (QED) is 0.183. The van der Waals surface area contributed by atoms with Gasteiger partial charge in [0.1, 0.15) is 11.5 Å². The molecule has 7 heteroatoms. The number of carbonyl (C=O) groups is 2. The summed E-state index contributed by atoms with van der Waals surface area (Å²) in [7, 11) is 1.37. The van der Waals surface area contributed by atoms with E-state index in [1.54, 1.807) is 30.0 Å². The molecule has 5 nitrogen and oxygen atoms in total. The number of ketones is 1. The van der Waals surface area contributed by atoms with Crippen LogP contribution in [-0.4, -0.2) is 36.3 Å². The molecule has 0 atom stereocenters. The summed E-state index contributed by atoms with van der Waals surface area (Å²) in [6, 6.07) is 9.01. The second kappa shape index (κ2) is 12.6. The van der Waals surface area contributed by atoms with Gasteiger partial charge in [-0.05, 0) is 61.8 Å². The maximum absolute atomic E-state index is 11.7. The minimum absolute atomic E-state index is 0.0349. The zero-order valence-corrected chi connectivity index (χ0v) is 19.8.